The maximum atomic E-state index is 10.6. The molecule has 1 atom stereocenters. The second kappa shape index (κ2) is 7.45. The summed E-state index contributed by atoms with van der Waals surface area (Å²) in [6, 6.07) is 17.1. The topological polar surface area (TPSA) is 72.6 Å². The Morgan fingerprint density at radius 2 is 1.90 bits per heavy atom. The monoisotopic (exact) mass is 285 g/mol. The van der Waals surface area contributed by atoms with Gasteiger partial charge in [-0.05, 0) is 29.7 Å². The Balaban J connectivity index is 1.95. The molecule has 0 fully saturated rings. The first-order chi connectivity index (χ1) is 10.1. The highest BCUT2D eigenvalue weighted by molar-refractivity contribution is 5.66. The van der Waals surface area contributed by atoms with E-state index in [1.165, 1.54) is 0 Å². The largest absolute Gasteiger partial charge is 0.489 e. The summed E-state index contributed by atoms with van der Waals surface area (Å²) in [5.74, 6) is -0.0935. The second-order valence-electron chi connectivity index (χ2n) is 4.89. The molecule has 2 aromatic carbocycles. The van der Waals surface area contributed by atoms with Crippen molar-refractivity contribution >= 4 is 5.97 Å². The van der Waals surface area contributed by atoms with Gasteiger partial charge in [0.05, 0.1) is 0 Å². The van der Waals surface area contributed by atoms with Gasteiger partial charge in [-0.2, -0.15) is 0 Å². The van der Waals surface area contributed by atoms with Crippen molar-refractivity contribution in [1.29, 1.82) is 0 Å². The van der Waals surface area contributed by atoms with Crippen LogP contribution in [0.15, 0.2) is 54.6 Å². The SMILES string of the molecule is NC(CCC(=O)O)c1cccc(OCc2ccccc2)c1. The zero-order valence-corrected chi connectivity index (χ0v) is 11.7. The Labute approximate surface area is 124 Å². The molecule has 4 heteroatoms. The molecule has 3 N–H and O–H groups in total. The number of carbonyl (C=O) groups is 1. The Morgan fingerprint density at radius 3 is 2.62 bits per heavy atom. The zero-order chi connectivity index (χ0) is 15.1. The molecule has 0 aromatic heterocycles. The van der Waals surface area contributed by atoms with E-state index in [1.807, 2.05) is 54.6 Å². The fraction of sp³-hybridized carbons (Fsp3) is 0.235. The molecule has 1 unspecified atom stereocenters. The van der Waals surface area contributed by atoms with Crippen molar-refractivity contribution in [1.82, 2.24) is 0 Å². The summed E-state index contributed by atoms with van der Waals surface area (Å²) in [6.07, 6.45) is 0.480. The molecule has 0 heterocycles. The molecule has 0 saturated heterocycles. The van der Waals surface area contributed by atoms with Crippen LogP contribution in [-0.4, -0.2) is 11.1 Å². The van der Waals surface area contributed by atoms with Crippen molar-refractivity contribution in [3.8, 4) is 5.75 Å². The molecule has 4 nitrogen and oxygen atoms in total. The fourth-order valence-electron chi connectivity index (χ4n) is 2.02. The number of nitrogens with two attached hydrogens (primary N) is 1. The average molecular weight is 285 g/mol. The van der Waals surface area contributed by atoms with Crippen LogP contribution in [0.4, 0.5) is 0 Å². The third-order valence-electron chi connectivity index (χ3n) is 3.20. The van der Waals surface area contributed by atoms with Crippen molar-refractivity contribution in [2.75, 3.05) is 0 Å². The number of carboxylic acid groups (broad SMARTS) is 1. The summed E-state index contributed by atoms with van der Waals surface area (Å²) in [7, 11) is 0. The van der Waals surface area contributed by atoms with E-state index in [0.717, 1.165) is 16.9 Å². The molecule has 0 radical (unpaired) electrons. The molecule has 0 spiro atoms. The zero-order valence-electron chi connectivity index (χ0n) is 11.7. The molecule has 0 aliphatic rings. The van der Waals surface area contributed by atoms with Crippen LogP contribution < -0.4 is 10.5 Å². The molecule has 110 valence electrons. The van der Waals surface area contributed by atoms with Crippen LogP contribution in [0, 0.1) is 0 Å². The predicted molar refractivity (Wildman–Crippen MR) is 81.0 cm³/mol. The van der Waals surface area contributed by atoms with Gasteiger partial charge in [0, 0.05) is 12.5 Å². The molecule has 0 aliphatic carbocycles. The first kappa shape index (κ1) is 15.1. The number of aliphatic carboxylic acids is 1. The number of benzene rings is 2. The molecule has 21 heavy (non-hydrogen) atoms. The van der Waals surface area contributed by atoms with Crippen LogP contribution in [-0.2, 0) is 11.4 Å². The molecule has 2 aromatic rings. The van der Waals surface area contributed by atoms with Crippen LogP contribution in [0.3, 0.4) is 0 Å². The van der Waals surface area contributed by atoms with Gasteiger partial charge in [0.25, 0.3) is 0 Å². The van der Waals surface area contributed by atoms with E-state index in [0.29, 0.717) is 13.0 Å². The Kier molecular flexibility index (Phi) is 5.35. The smallest absolute Gasteiger partial charge is 0.303 e. The molecule has 0 aliphatic heterocycles. The second-order valence-corrected chi connectivity index (χ2v) is 4.89. The van der Waals surface area contributed by atoms with Crippen molar-refractivity contribution in [3.05, 3.63) is 65.7 Å². The number of hydrogen-bond acceptors (Lipinski definition) is 3. The minimum absolute atomic E-state index is 0.0657. The van der Waals surface area contributed by atoms with Crippen molar-refractivity contribution in [2.45, 2.75) is 25.5 Å². The highest BCUT2D eigenvalue weighted by atomic mass is 16.5. The number of carboxylic acids is 1. The normalized spacial score (nSPS) is 11.9. The number of rotatable bonds is 7. The van der Waals surface area contributed by atoms with Crippen molar-refractivity contribution in [3.63, 3.8) is 0 Å². The van der Waals surface area contributed by atoms with Crippen molar-refractivity contribution < 1.29 is 14.6 Å². The minimum atomic E-state index is -0.832. The number of ether oxygens (including phenoxy) is 1. The van der Waals surface area contributed by atoms with Crippen LogP contribution in [0.5, 0.6) is 5.75 Å². The van der Waals surface area contributed by atoms with Crippen LogP contribution >= 0.6 is 0 Å². The summed E-state index contributed by atoms with van der Waals surface area (Å²) in [5.41, 5.74) is 7.99. The van der Waals surface area contributed by atoms with E-state index in [1.54, 1.807) is 0 Å². The lowest BCUT2D eigenvalue weighted by Crippen LogP contribution is -2.12. The van der Waals surface area contributed by atoms with E-state index >= 15 is 0 Å². The van der Waals surface area contributed by atoms with Gasteiger partial charge in [0.15, 0.2) is 0 Å². The standard InChI is InChI=1S/C17H19NO3/c18-16(9-10-17(19)20)14-7-4-8-15(11-14)21-12-13-5-2-1-3-6-13/h1-8,11,16H,9-10,12,18H2,(H,19,20). The first-order valence-corrected chi connectivity index (χ1v) is 6.89. The third kappa shape index (κ3) is 4.93. The molecule has 0 saturated carbocycles. The van der Waals surface area contributed by atoms with Gasteiger partial charge >= 0.3 is 5.97 Å². The van der Waals surface area contributed by atoms with E-state index in [2.05, 4.69) is 0 Å². The van der Waals surface area contributed by atoms with Crippen LogP contribution in [0.25, 0.3) is 0 Å². The Hall–Kier alpha value is -2.33. The highest BCUT2D eigenvalue weighted by Gasteiger charge is 2.09. The summed E-state index contributed by atoms with van der Waals surface area (Å²) in [5, 5.41) is 8.69. The predicted octanol–water partition coefficient (Wildman–Crippen LogP) is 3.13. The van der Waals surface area contributed by atoms with Gasteiger partial charge in [0.1, 0.15) is 12.4 Å². The quantitative estimate of drug-likeness (QED) is 0.819. The van der Waals surface area contributed by atoms with Gasteiger partial charge in [-0.1, -0.05) is 42.5 Å². The lowest BCUT2D eigenvalue weighted by molar-refractivity contribution is -0.137. The van der Waals surface area contributed by atoms with Gasteiger partial charge in [-0.25, -0.2) is 0 Å². The maximum Gasteiger partial charge on any atom is 0.303 e. The lowest BCUT2D eigenvalue weighted by atomic mass is 10.0. The summed E-state index contributed by atoms with van der Waals surface area (Å²) in [6.45, 7) is 0.495. The third-order valence-corrected chi connectivity index (χ3v) is 3.20. The molecule has 0 amide bonds. The van der Waals surface area contributed by atoms with Gasteiger partial charge in [0.2, 0.25) is 0 Å². The van der Waals surface area contributed by atoms with E-state index in [9.17, 15) is 4.79 Å². The lowest BCUT2D eigenvalue weighted by Gasteiger charge is -2.13. The van der Waals surface area contributed by atoms with Gasteiger partial charge < -0.3 is 15.6 Å². The van der Waals surface area contributed by atoms with E-state index in [-0.39, 0.29) is 12.5 Å². The Morgan fingerprint density at radius 1 is 1.14 bits per heavy atom. The van der Waals surface area contributed by atoms with Crippen LogP contribution in [0.2, 0.25) is 0 Å². The van der Waals surface area contributed by atoms with Crippen LogP contribution in [0.1, 0.15) is 30.0 Å². The van der Waals surface area contributed by atoms with E-state index < -0.39 is 5.97 Å². The van der Waals surface area contributed by atoms with Crippen molar-refractivity contribution in [2.24, 2.45) is 5.73 Å². The van der Waals surface area contributed by atoms with Gasteiger partial charge in [-0.3, -0.25) is 4.79 Å². The molecule has 0 bridgehead atoms. The first-order valence-electron chi connectivity index (χ1n) is 6.89. The van der Waals surface area contributed by atoms with Gasteiger partial charge in [-0.15, -0.1) is 0 Å². The number of hydrogen-bond donors (Lipinski definition) is 2. The highest BCUT2D eigenvalue weighted by Crippen LogP contribution is 2.21. The van der Waals surface area contributed by atoms with E-state index in [4.69, 9.17) is 15.6 Å². The fourth-order valence-corrected chi connectivity index (χ4v) is 2.02. The summed E-state index contributed by atoms with van der Waals surface area (Å²) < 4.78 is 5.74. The Bertz CT molecular complexity index is 584. The summed E-state index contributed by atoms with van der Waals surface area (Å²) in [4.78, 5) is 10.6. The molecular formula is C17H19NO3. The average Bonchev–Trinajstić information content (AvgIpc) is 2.52. The maximum absolute atomic E-state index is 10.6. The molecular weight excluding hydrogens is 266 g/mol. The molecule has 2 rings (SSSR count). The minimum Gasteiger partial charge on any atom is -0.489 e. The summed E-state index contributed by atoms with van der Waals surface area (Å²) >= 11 is 0.